The van der Waals surface area contributed by atoms with Gasteiger partial charge >= 0.3 is 0 Å². The van der Waals surface area contributed by atoms with Gasteiger partial charge in [0.2, 0.25) is 0 Å². The predicted octanol–water partition coefficient (Wildman–Crippen LogP) is 0.417. The average molecular weight is 234 g/mol. The molecular formula is C13H22N4. The molecule has 2 heterocycles. The summed E-state index contributed by atoms with van der Waals surface area (Å²) in [5.74, 6) is 0. The molecule has 1 saturated heterocycles. The number of likely N-dealkylation sites (N-methyl/N-ethyl adjacent to an activating group) is 2. The van der Waals surface area contributed by atoms with Crippen LogP contribution in [0.25, 0.3) is 0 Å². The van der Waals surface area contributed by atoms with E-state index in [0.717, 1.165) is 32.7 Å². The van der Waals surface area contributed by atoms with Gasteiger partial charge in [0.1, 0.15) is 0 Å². The van der Waals surface area contributed by atoms with Crippen LogP contribution in [0.3, 0.4) is 0 Å². The van der Waals surface area contributed by atoms with Crippen molar-refractivity contribution < 1.29 is 0 Å². The van der Waals surface area contributed by atoms with Crippen molar-refractivity contribution in [1.82, 2.24) is 20.1 Å². The Morgan fingerprint density at radius 3 is 3.00 bits per heavy atom. The van der Waals surface area contributed by atoms with E-state index in [9.17, 15) is 0 Å². The normalized spacial score (nSPS) is 22.8. The smallest absolute Gasteiger partial charge is 0.0543 e. The van der Waals surface area contributed by atoms with Crippen molar-refractivity contribution >= 4 is 0 Å². The molecule has 0 radical (unpaired) electrons. The molecule has 1 aromatic heterocycles. The highest BCUT2D eigenvalue weighted by molar-refractivity contribution is 5.03. The third-order valence-corrected chi connectivity index (χ3v) is 3.41. The summed E-state index contributed by atoms with van der Waals surface area (Å²) in [6, 6.07) is 6.74. The van der Waals surface area contributed by atoms with Gasteiger partial charge in [-0.05, 0) is 26.2 Å². The zero-order valence-corrected chi connectivity index (χ0v) is 10.8. The molecule has 1 fully saturated rings. The van der Waals surface area contributed by atoms with Crippen molar-refractivity contribution in [3.63, 3.8) is 0 Å². The molecule has 4 nitrogen and oxygen atoms in total. The second kappa shape index (κ2) is 6.10. The Balaban J connectivity index is 1.90. The van der Waals surface area contributed by atoms with E-state index >= 15 is 0 Å². The second-order valence-corrected chi connectivity index (χ2v) is 4.75. The molecule has 2 rings (SSSR count). The summed E-state index contributed by atoms with van der Waals surface area (Å²) in [5.41, 5.74) is 1.17. The lowest BCUT2D eigenvalue weighted by atomic mass is 10.1. The molecule has 0 saturated carbocycles. The summed E-state index contributed by atoms with van der Waals surface area (Å²) in [4.78, 5) is 9.32. The maximum absolute atomic E-state index is 4.39. The standard InChI is InChI=1S/C13H22N4/c1-14-9-13-11-17(8-7-16(13)2)10-12-5-3-4-6-15-12/h3-6,13-14H,7-11H2,1-2H3. The number of nitrogens with zero attached hydrogens (tertiary/aromatic N) is 3. The van der Waals surface area contributed by atoms with Gasteiger partial charge in [0.15, 0.2) is 0 Å². The van der Waals surface area contributed by atoms with Gasteiger partial charge in [0.25, 0.3) is 0 Å². The molecule has 1 aliphatic rings. The zero-order valence-electron chi connectivity index (χ0n) is 10.8. The van der Waals surface area contributed by atoms with E-state index in [2.05, 4.69) is 39.3 Å². The minimum absolute atomic E-state index is 0.609. The van der Waals surface area contributed by atoms with E-state index in [1.165, 1.54) is 5.69 Å². The summed E-state index contributed by atoms with van der Waals surface area (Å²) < 4.78 is 0. The van der Waals surface area contributed by atoms with Crippen molar-refractivity contribution in [1.29, 1.82) is 0 Å². The molecule has 1 aliphatic heterocycles. The van der Waals surface area contributed by atoms with Gasteiger partial charge in [-0.25, -0.2) is 0 Å². The molecule has 1 atom stereocenters. The van der Waals surface area contributed by atoms with Crippen molar-refractivity contribution in [2.75, 3.05) is 40.3 Å². The van der Waals surface area contributed by atoms with Crippen LogP contribution in [0.1, 0.15) is 5.69 Å². The molecule has 1 unspecified atom stereocenters. The first-order valence-corrected chi connectivity index (χ1v) is 6.26. The van der Waals surface area contributed by atoms with E-state index < -0.39 is 0 Å². The van der Waals surface area contributed by atoms with Crippen LogP contribution in [0.15, 0.2) is 24.4 Å². The Morgan fingerprint density at radius 2 is 2.29 bits per heavy atom. The molecule has 94 valence electrons. The topological polar surface area (TPSA) is 31.4 Å². The highest BCUT2D eigenvalue weighted by Crippen LogP contribution is 2.10. The van der Waals surface area contributed by atoms with Gasteiger partial charge < -0.3 is 5.32 Å². The van der Waals surface area contributed by atoms with Crippen LogP contribution >= 0.6 is 0 Å². The summed E-state index contributed by atoms with van der Waals surface area (Å²) in [5, 5.41) is 3.27. The molecule has 0 aromatic carbocycles. The first-order valence-electron chi connectivity index (χ1n) is 6.26. The lowest BCUT2D eigenvalue weighted by molar-refractivity contribution is 0.0901. The lowest BCUT2D eigenvalue weighted by Gasteiger charge is -2.39. The van der Waals surface area contributed by atoms with Crippen LogP contribution in [0.5, 0.6) is 0 Å². The van der Waals surface area contributed by atoms with Crippen molar-refractivity contribution in [3.8, 4) is 0 Å². The monoisotopic (exact) mass is 234 g/mol. The van der Waals surface area contributed by atoms with Crippen LogP contribution < -0.4 is 5.32 Å². The van der Waals surface area contributed by atoms with Gasteiger partial charge in [-0.15, -0.1) is 0 Å². The fourth-order valence-electron chi connectivity index (χ4n) is 2.33. The number of hydrogen-bond acceptors (Lipinski definition) is 4. The number of hydrogen-bond donors (Lipinski definition) is 1. The van der Waals surface area contributed by atoms with E-state index in [0.29, 0.717) is 6.04 Å². The fraction of sp³-hybridized carbons (Fsp3) is 0.615. The highest BCUT2D eigenvalue weighted by Gasteiger charge is 2.23. The van der Waals surface area contributed by atoms with E-state index in [-0.39, 0.29) is 0 Å². The molecule has 0 bridgehead atoms. The summed E-state index contributed by atoms with van der Waals surface area (Å²) in [6.45, 7) is 5.41. The third-order valence-electron chi connectivity index (χ3n) is 3.41. The first kappa shape index (κ1) is 12.5. The van der Waals surface area contributed by atoms with Gasteiger partial charge in [-0.2, -0.15) is 0 Å². The maximum atomic E-state index is 4.39. The minimum atomic E-state index is 0.609. The molecule has 4 heteroatoms. The van der Waals surface area contributed by atoms with Crippen LogP contribution in [0.4, 0.5) is 0 Å². The third kappa shape index (κ3) is 3.49. The summed E-state index contributed by atoms with van der Waals surface area (Å²) >= 11 is 0. The molecule has 0 spiro atoms. The largest absolute Gasteiger partial charge is 0.318 e. The van der Waals surface area contributed by atoms with E-state index in [1.807, 2.05) is 19.3 Å². The SMILES string of the molecule is CNCC1CN(Cc2ccccn2)CCN1C. The number of aromatic nitrogens is 1. The number of rotatable bonds is 4. The van der Waals surface area contributed by atoms with Gasteiger partial charge in [0, 0.05) is 45.0 Å². The van der Waals surface area contributed by atoms with Crippen molar-refractivity contribution in [3.05, 3.63) is 30.1 Å². The van der Waals surface area contributed by atoms with Gasteiger partial charge in [0.05, 0.1) is 5.69 Å². The summed E-state index contributed by atoms with van der Waals surface area (Å²) in [7, 11) is 4.23. The Labute approximate surface area is 104 Å². The Morgan fingerprint density at radius 1 is 1.41 bits per heavy atom. The van der Waals surface area contributed by atoms with Crippen molar-refractivity contribution in [2.24, 2.45) is 0 Å². The summed E-state index contributed by atoms with van der Waals surface area (Å²) in [6.07, 6.45) is 1.87. The number of pyridine rings is 1. The number of nitrogens with one attached hydrogen (secondary N) is 1. The van der Waals surface area contributed by atoms with E-state index in [1.54, 1.807) is 0 Å². The van der Waals surface area contributed by atoms with Gasteiger partial charge in [-0.3, -0.25) is 14.8 Å². The van der Waals surface area contributed by atoms with Crippen LogP contribution in [-0.4, -0.2) is 61.1 Å². The molecule has 0 aliphatic carbocycles. The van der Waals surface area contributed by atoms with Crippen LogP contribution in [-0.2, 0) is 6.54 Å². The minimum Gasteiger partial charge on any atom is -0.318 e. The molecule has 1 aromatic rings. The highest BCUT2D eigenvalue weighted by atomic mass is 15.3. The average Bonchev–Trinajstić information content (AvgIpc) is 2.35. The number of piperazine rings is 1. The molecule has 17 heavy (non-hydrogen) atoms. The molecule has 0 amide bonds. The first-order chi connectivity index (χ1) is 8.29. The second-order valence-electron chi connectivity index (χ2n) is 4.75. The Bertz CT molecular complexity index is 327. The zero-order chi connectivity index (χ0) is 12.1. The quantitative estimate of drug-likeness (QED) is 0.818. The Kier molecular flexibility index (Phi) is 4.48. The van der Waals surface area contributed by atoms with Gasteiger partial charge in [-0.1, -0.05) is 6.07 Å². The fourth-order valence-corrected chi connectivity index (χ4v) is 2.33. The van der Waals surface area contributed by atoms with Crippen LogP contribution in [0, 0.1) is 0 Å². The molecular weight excluding hydrogens is 212 g/mol. The Hall–Kier alpha value is -0.970. The maximum Gasteiger partial charge on any atom is 0.0543 e. The predicted molar refractivity (Wildman–Crippen MR) is 69.9 cm³/mol. The van der Waals surface area contributed by atoms with E-state index in [4.69, 9.17) is 0 Å². The van der Waals surface area contributed by atoms with Crippen LogP contribution in [0.2, 0.25) is 0 Å². The molecule has 1 N–H and O–H groups in total. The lowest BCUT2D eigenvalue weighted by Crippen LogP contribution is -2.54. The van der Waals surface area contributed by atoms with Crippen molar-refractivity contribution in [2.45, 2.75) is 12.6 Å².